The number of nitrogens with zero attached hydrogens (tertiary/aromatic N) is 1. The predicted molar refractivity (Wildman–Crippen MR) is 79.9 cm³/mol. The molecule has 4 nitrogen and oxygen atoms in total. The topological polar surface area (TPSA) is 66.6 Å². The van der Waals surface area contributed by atoms with Gasteiger partial charge in [0.2, 0.25) is 0 Å². The molecule has 0 saturated carbocycles. The summed E-state index contributed by atoms with van der Waals surface area (Å²) < 4.78 is 0. The van der Waals surface area contributed by atoms with Crippen LogP contribution in [0.1, 0.15) is 18.4 Å². The molecule has 0 bridgehead atoms. The van der Waals surface area contributed by atoms with Gasteiger partial charge in [0.05, 0.1) is 6.42 Å². The SMILES string of the molecule is NC1CC(Cc2cccc(Cl)c2)CN(CCC(=O)O)C1. The fourth-order valence-electron chi connectivity index (χ4n) is 2.93. The number of rotatable bonds is 5. The number of hydrogen-bond acceptors (Lipinski definition) is 3. The summed E-state index contributed by atoms with van der Waals surface area (Å²) in [6.45, 7) is 2.28. The number of carboxylic acids is 1. The molecule has 0 radical (unpaired) electrons. The molecule has 2 unspecified atom stereocenters. The van der Waals surface area contributed by atoms with Crippen molar-refractivity contribution in [1.82, 2.24) is 4.90 Å². The van der Waals surface area contributed by atoms with Crippen LogP contribution in [0.15, 0.2) is 24.3 Å². The Morgan fingerprint density at radius 2 is 2.25 bits per heavy atom. The molecule has 20 heavy (non-hydrogen) atoms. The van der Waals surface area contributed by atoms with Crippen LogP contribution >= 0.6 is 11.6 Å². The second kappa shape index (κ2) is 7.07. The van der Waals surface area contributed by atoms with E-state index in [9.17, 15) is 4.79 Å². The van der Waals surface area contributed by atoms with Crippen LogP contribution in [-0.2, 0) is 11.2 Å². The van der Waals surface area contributed by atoms with Crippen LogP contribution in [0.5, 0.6) is 0 Å². The van der Waals surface area contributed by atoms with Crippen LogP contribution in [0, 0.1) is 5.92 Å². The van der Waals surface area contributed by atoms with Gasteiger partial charge in [-0.1, -0.05) is 23.7 Å². The van der Waals surface area contributed by atoms with E-state index in [2.05, 4.69) is 11.0 Å². The molecular weight excluding hydrogens is 276 g/mol. The van der Waals surface area contributed by atoms with Gasteiger partial charge >= 0.3 is 5.97 Å². The molecule has 3 N–H and O–H groups in total. The summed E-state index contributed by atoms with van der Waals surface area (Å²) in [4.78, 5) is 12.8. The molecule has 5 heteroatoms. The normalized spacial score (nSPS) is 23.7. The van der Waals surface area contributed by atoms with Gasteiger partial charge in [0.15, 0.2) is 0 Å². The molecule has 1 aliphatic heterocycles. The number of likely N-dealkylation sites (tertiary alicyclic amines) is 1. The fourth-order valence-corrected chi connectivity index (χ4v) is 3.14. The number of hydrogen-bond donors (Lipinski definition) is 2. The van der Waals surface area contributed by atoms with Crippen LogP contribution in [0.3, 0.4) is 0 Å². The van der Waals surface area contributed by atoms with Crippen molar-refractivity contribution in [2.75, 3.05) is 19.6 Å². The first-order chi connectivity index (χ1) is 9.52. The van der Waals surface area contributed by atoms with Crippen molar-refractivity contribution < 1.29 is 9.90 Å². The summed E-state index contributed by atoms with van der Waals surface area (Å²) in [6, 6.07) is 8.03. The lowest BCUT2D eigenvalue weighted by Crippen LogP contribution is -2.48. The Morgan fingerprint density at radius 1 is 1.45 bits per heavy atom. The first kappa shape index (κ1) is 15.3. The second-order valence-corrected chi connectivity index (χ2v) is 6.04. The van der Waals surface area contributed by atoms with Gasteiger partial charge in [0.1, 0.15) is 0 Å². The highest BCUT2D eigenvalue weighted by molar-refractivity contribution is 6.30. The van der Waals surface area contributed by atoms with Crippen molar-refractivity contribution in [1.29, 1.82) is 0 Å². The standard InChI is InChI=1S/C15H21ClN2O2/c16-13-3-1-2-11(7-13)6-12-8-14(17)10-18(9-12)5-4-15(19)20/h1-3,7,12,14H,4-6,8-10,17H2,(H,19,20). The van der Waals surface area contributed by atoms with Crippen molar-refractivity contribution in [2.45, 2.75) is 25.3 Å². The molecule has 1 heterocycles. The van der Waals surface area contributed by atoms with Crippen LogP contribution in [0.4, 0.5) is 0 Å². The molecule has 2 rings (SSSR count). The number of carboxylic acid groups (broad SMARTS) is 1. The van der Waals surface area contributed by atoms with Crippen LogP contribution in [0.2, 0.25) is 5.02 Å². The fraction of sp³-hybridized carbons (Fsp3) is 0.533. The van der Waals surface area contributed by atoms with Crippen LogP contribution in [-0.4, -0.2) is 41.7 Å². The summed E-state index contributed by atoms with van der Waals surface area (Å²) >= 11 is 6.00. The minimum absolute atomic E-state index is 0.127. The zero-order valence-electron chi connectivity index (χ0n) is 11.5. The highest BCUT2D eigenvalue weighted by Crippen LogP contribution is 2.22. The first-order valence-electron chi connectivity index (χ1n) is 6.97. The Hall–Kier alpha value is -1.10. The third-order valence-electron chi connectivity index (χ3n) is 3.70. The third kappa shape index (κ3) is 4.78. The summed E-state index contributed by atoms with van der Waals surface area (Å²) in [7, 11) is 0. The summed E-state index contributed by atoms with van der Waals surface area (Å²) in [5.74, 6) is -0.290. The van der Waals surface area contributed by atoms with E-state index >= 15 is 0 Å². The van der Waals surface area contributed by atoms with Crippen molar-refractivity contribution in [2.24, 2.45) is 11.7 Å². The number of halogens is 1. The number of carbonyl (C=O) groups is 1. The van der Waals surface area contributed by atoms with Crippen molar-refractivity contribution >= 4 is 17.6 Å². The Kier molecular flexibility index (Phi) is 5.40. The average molecular weight is 297 g/mol. The van der Waals surface area contributed by atoms with Gasteiger partial charge in [0, 0.05) is 30.7 Å². The van der Waals surface area contributed by atoms with E-state index in [-0.39, 0.29) is 12.5 Å². The number of aliphatic carboxylic acids is 1. The lowest BCUT2D eigenvalue weighted by atomic mass is 9.89. The zero-order valence-corrected chi connectivity index (χ0v) is 12.2. The Balaban J connectivity index is 1.92. The summed E-state index contributed by atoms with van der Waals surface area (Å²) in [5.41, 5.74) is 7.31. The van der Waals surface area contributed by atoms with Gasteiger partial charge in [-0.05, 0) is 36.5 Å². The van der Waals surface area contributed by atoms with E-state index in [1.807, 2.05) is 18.2 Å². The molecule has 1 saturated heterocycles. The molecular formula is C15H21ClN2O2. The van der Waals surface area contributed by atoms with Crippen LogP contribution in [0.25, 0.3) is 0 Å². The van der Waals surface area contributed by atoms with E-state index in [0.717, 1.165) is 31.0 Å². The molecule has 0 aliphatic carbocycles. The maximum Gasteiger partial charge on any atom is 0.304 e. The Bertz CT molecular complexity index is 467. The van der Waals surface area contributed by atoms with E-state index in [0.29, 0.717) is 12.5 Å². The minimum Gasteiger partial charge on any atom is -0.481 e. The second-order valence-electron chi connectivity index (χ2n) is 5.60. The van der Waals surface area contributed by atoms with Gasteiger partial charge in [-0.25, -0.2) is 0 Å². The molecule has 0 spiro atoms. The van der Waals surface area contributed by atoms with Crippen LogP contribution < -0.4 is 5.73 Å². The lowest BCUT2D eigenvalue weighted by Gasteiger charge is -2.36. The predicted octanol–water partition coefficient (Wildman–Crippen LogP) is 2.01. The molecule has 0 aromatic heterocycles. The first-order valence-corrected chi connectivity index (χ1v) is 7.35. The molecule has 0 amide bonds. The monoisotopic (exact) mass is 296 g/mol. The molecule has 1 aromatic rings. The van der Waals surface area contributed by atoms with Crippen molar-refractivity contribution in [3.8, 4) is 0 Å². The third-order valence-corrected chi connectivity index (χ3v) is 3.94. The van der Waals surface area contributed by atoms with Crippen molar-refractivity contribution in [3.05, 3.63) is 34.9 Å². The number of piperidine rings is 1. The Labute approximate surface area is 124 Å². The lowest BCUT2D eigenvalue weighted by molar-refractivity contribution is -0.137. The smallest absolute Gasteiger partial charge is 0.304 e. The molecule has 110 valence electrons. The molecule has 2 atom stereocenters. The van der Waals surface area contributed by atoms with Gasteiger partial charge in [-0.2, -0.15) is 0 Å². The van der Waals surface area contributed by atoms with E-state index < -0.39 is 5.97 Å². The molecule has 1 aromatic carbocycles. The number of nitrogens with two attached hydrogens (primary N) is 1. The van der Waals surface area contributed by atoms with Gasteiger partial charge in [0.25, 0.3) is 0 Å². The minimum atomic E-state index is -0.754. The maximum atomic E-state index is 10.7. The zero-order chi connectivity index (χ0) is 14.5. The summed E-state index contributed by atoms with van der Waals surface area (Å²) in [6.07, 6.45) is 2.10. The Morgan fingerprint density at radius 3 is 2.95 bits per heavy atom. The molecule has 1 aliphatic rings. The maximum absolute atomic E-state index is 10.7. The largest absolute Gasteiger partial charge is 0.481 e. The highest BCUT2D eigenvalue weighted by Gasteiger charge is 2.25. The van der Waals surface area contributed by atoms with Gasteiger partial charge in [-0.3, -0.25) is 4.79 Å². The average Bonchev–Trinajstić information content (AvgIpc) is 2.35. The quantitative estimate of drug-likeness (QED) is 0.872. The van der Waals surface area contributed by atoms with Gasteiger partial charge < -0.3 is 15.7 Å². The molecule has 1 fully saturated rings. The number of benzene rings is 1. The van der Waals surface area contributed by atoms with E-state index in [1.54, 1.807) is 0 Å². The van der Waals surface area contributed by atoms with Gasteiger partial charge in [-0.15, -0.1) is 0 Å². The van der Waals surface area contributed by atoms with Crippen molar-refractivity contribution in [3.63, 3.8) is 0 Å². The van der Waals surface area contributed by atoms with E-state index in [4.69, 9.17) is 22.4 Å². The van der Waals surface area contributed by atoms with E-state index in [1.165, 1.54) is 5.56 Å². The highest BCUT2D eigenvalue weighted by atomic mass is 35.5. The summed E-state index contributed by atoms with van der Waals surface area (Å²) in [5, 5.41) is 9.52.